The minimum absolute atomic E-state index is 0.171. The zero-order valence-electron chi connectivity index (χ0n) is 11.3. The van der Waals surface area contributed by atoms with Crippen molar-refractivity contribution in [1.82, 2.24) is 0 Å². The van der Waals surface area contributed by atoms with Crippen LogP contribution in [0, 0.1) is 0 Å². The van der Waals surface area contributed by atoms with Gasteiger partial charge in [-0.2, -0.15) is 0 Å². The molecule has 104 valence electrons. The third-order valence-corrected chi connectivity index (χ3v) is 3.41. The Bertz CT molecular complexity index is 479. The van der Waals surface area contributed by atoms with E-state index in [1.165, 1.54) is 7.11 Å². The molecule has 4 nitrogen and oxygen atoms in total. The fourth-order valence-electron chi connectivity index (χ4n) is 2.09. The summed E-state index contributed by atoms with van der Waals surface area (Å²) in [5.41, 5.74) is 1.86. The smallest absolute Gasteiger partial charge is 0.161 e. The van der Waals surface area contributed by atoms with Crippen molar-refractivity contribution in [3.8, 4) is 11.5 Å². The average Bonchev–Trinajstić information content (AvgIpc) is 3.22. The molecular weight excluding hydrogens is 244 g/mol. The minimum atomic E-state index is -0.338. The standard InChI is InChI=1S/C15H20O4/c1-3-11(16)5-6-13-10(8-12-9-19-12)4-7-14(18-2)15(13)17/h4,7,9,11,16-17H,3,5-6,8H2,1-2H3. The molecule has 0 fully saturated rings. The Hall–Kier alpha value is -1.68. The molecule has 0 aromatic heterocycles. The van der Waals surface area contributed by atoms with Gasteiger partial charge in [0.15, 0.2) is 11.5 Å². The van der Waals surface area contributed by atoms with E-state index in [-0.39, 0.29) is 11.9 Å². The number of ether oxygens (including phenoxy) is 2. The maximum atomic E-state index is 10.2. The van der Waals surface area contributed by atoms with E-state index >= 15 is 0 Å². The number of hydrogen-bond donors (Lipinski definition) is 2. The van der Waals surface area contributed by atoms with Crippen LogP contribution < -0.4 is 4.74 Å². The lowest BCUT2D eigenvalue weighted by molar-refractivity contribution is 0.160. The van der Waals surface area contributed by atoms with Gasteiger partial charge in [0.25, 0.3) is 0 Å². The summed E-state index contributed by atoms with van der Waals surface area (Å²) in [6, 6.07) is 3.70. The van der Waals surface area contributed by atoms with E-state index in [1.807, 2.05) is 13.0 Å². The minimum Gasteiger partial charge on any atom is -0.504 e. The lowest BCUT2D eigenvalue weighted by Gasteiger charge is -2.15. The van der Waals surface area contributed by atoms with E-state index in [0.717, 1.165) is 16.9 Å². The van der Waals surface area contributed by atoms with Crippen LogP contribution in [0.15, 0.2) is 24.2 Å². The molecule has 0 aliphatic carbocycles. The van der Waals surface area contributed by atoms with Gasteiger partial charge >= 0.3 is 0 Å². The summed E-state index contributed by atoms with van der Waals surface area (Å²) in [6.07, 6.45) is 4.01. The number of methoxy groups -OCH3 is 1. The molecule has 1 aliphatic heterocycles. The molecule has 1 unspecified atom stereocenters. The Labute approximate surface area is 113 Å². The summed E-state index contributed by atoms with van der Waals surface area (Å²) in [4.78, 5) is 0. The average molecular weight is 264 g/mol. The second-order valence-corrected chi connectivity index (χ2v) is 4.73. The molecule has 2 rings (SSSR count). The molecule has 0 spiro atoms. The van der Waals surface area contributed by atoms with Gasteiger partial charge in [-0.25, -0.2) is 0 Å². The lowest BCUT2D eigenvalue weighted by Crippen LogP contribution is -2.07. The Kier molecular flexibility index (Phi) is 4.32. The van der Waals surface area contributed by atoms with Gasteiger partial charge in [-0.05, 0) is 30.9 Å². The number of rotatable bonds is 7. The van der Waals surface area contributed by atoms with Crippen molar-refractivity contribution in [1.29, 1.82) is 0 Å². The Morgan fingerprint density at radius 3 is 2.68 bits per heavy atom. The second kappa shape index (κ2) is 5.97. The number of phenols is 1. The van der Waals surface area contributed by atoms with Crippen LogP contribution >= 0.6 is 0 Å². The number of hydrogen-bond acceptors (Lipinski definition) is 4. The topological polar surface area (TPSA) is 62.2 Å². The van der Waals surface area contributed by atoms with Crippen molar-refractivity contribution in [3.63, 3.8) is 0 Å². The van der Waals surface area contributed by atoms with Crippen LogP contribution in [0.3, 0.4) is 0 Å². The number of aromatic hydroxyl groups is 1. The molecular formula is C15H20O4. The van der Waals surface area contributed by atoms with Crippen LogP contribution in [0.2, 0.25) is 0 Å². The summed E-state index contributed by atoms with van der Waals surface area (Å²) in [5, 5.41) is 19.9. The Morgan fingerprint density at radius 2 is 2.11 bits per heavy atom. The van der Waals surface area contributed by atoms with Crippen molar-refractivity contribution in [2.45, 2.75) is 38.7 Å². The van der Waals surface area contributed by atoms with Gasteiger partial charge in [-0.15, -0.1) is 0 Å². The molecule has 1 aromatic carbocycles. The van der Waals surface area contributed by atoms with Crippen molar-refractivity contribution in [2.24, 2.45) is 0 Å². The third kappa shape index (κ3) is 3.41. The first-order valence-electron chi connectivity index (χ1n) is 6.57. The van der Waals surface area contributed by atoms with Crippen molar-refractivity contribution in [2.75, 3.05) is 7.11 Å². The first-order chi connectivity index (χ1) is 9.15. The van der Waals surface area contributed by atoms with Crippen molar-refractivity contribution >= 4 is 0 Å². The van der Waals surface area contributed by atoms with E-state index < -0.39 is 0 Å². The fraction of sp³-hybridized carbons (Fsp3) is 0.467. The van der Waals surface area contributed by atoms with E-state index in [0.29, 0.717) is 31.4 Å². The SMILES string of the molecule is CCC(O)CCc1c(CC2=CO2)ccc(OC)c1O. The molecule has 0 saturated carbocycles. The van der Waals surface area contributed by atoms with Crippen LogP contribution in [-0.4, -0.2) is 23.4 Å². The lowest BCUT2D eigenvalue weighted by atomic mass is 9.96. The van der Waals surface area contributed by atoms with E-state index in [4.69, 9.17) is 9.47 Å². The van der Waals surface area contributed by atoms with Gasteiger partial charge in [0.1, 0.15) is 12.0 Å². The van der Waals surface area contributed by atoms with Gasteiger partial charge in [-0.1, -0.05) is 13.0 Å². The number of benzene rings is 1. The maximum absolute atomic E-state index is 10.2. The Balaban J connectivity index is 2.21. The van der Waals surface area contributed by atoms with Gasteiger partial charge in [0.2, 0.25) is 0 Å². The highest BCUT2D eigenvalue weighted by Gasteiger charge is 2.18. The zero-order valence-corrected chi connectivity index (χ0v) is 11.3. The molecule has 1 aromatic rings. The van der Waals surface area contributed by atoms with Gasteiger partial charge < -0.3 is 19.7 Å². The predicted octanol–water partition coefficient (Wildman–Crippen LogP) is 2.52. The summed E-state index contributed by atoms with van der Waals surface area (Å²) in [5.74, 6) is 1.56. The first-order valence-corrected chi connectivity index (χ1v) is 6.57. The normalized spacial score (nSPS) is 14.6. The maximum Gasteiger partial charge on any atom is 0.161 e. The molecule has 2 N–H and O–H groups in total. The van der Waals surface area contributed by atoms with Crippen LogP contribution in [0.5, 0.6) is 11.5 Å². The van der Waals surface area contributed by atoms with E-state index in [1.54, 1.807) is 12.3 Å². The first kappa shape index (κ1) is 13.7. The largest absolute Gasteiger partial charge is 0.504 e. The van der Waals surface area contributed by atoms with Gasteiger partial charge in [-0.3, -0.25) is 0 Å². The second-order valence-electron chi connectivity index (χ2n) is 4.73. The van der Waals surface area contributed by atoms with Crippen LogP contribution in [-0.2, 0) is 17.6 Å². The number of aliphatic hydroxyl groups is 1. The fourth-order valence-corrected chi connectivity index (χ4v) is 2.09. The molecule has 0 bridgehead atoms. The highest BCUT2D eigenvalue weighted by atomic mass is 16.5. The highest BCUT2D eigenvalue weighted by Crippen LogP contribution is 2.35. The molecule has 0 amide bonds. The quantitative estimate of drug-likeness (QED) is 0.794. The monoisotopic (exact) mass is 264 g/mol. The van der Waals surface area contributed by atoms with Gasteiger partial charge in [0.05, 0.1) is 13.2 Å². The van der Waals surface area contributed by atoms with Crippen molar-refractivity contribution in [3.05, 3.63) is 35.3 Å². The van der Waals surface area contributed by atoms with E-state index in [2.05, 4.69) is 0 Å². The van der Waals surface area contributed by atoms with Gasteiger partial charge in [0, 0.05) is 12.0 Å². The molecule has 0 radical (unpaired) electrons. The van der Waals surface area contributed by atoms with Crippen LogP contribution in [0.4, 0.5) is 0 Å². The summed E-state index contributed by atoms with van der Waals surface area (Å²) in [6.45, 7) is 1.94. The van der Waals surface area contributed by atoms with E-state index in [9.17, 15) is 10.2 Å². The highest BCUT2D eigenvalue weighted by molar-refractivity contribution is 5.51. The Morgan fingerprint density at radius 1 is 1.37 bits per heavy atom. The summed E-state index contributed by atoms with van der Waals surface area (Å²) >= 11 is 0. The predicted molar refractivity (Wildman–Crippen MR) is 72.1 cm³/mol. The van der Waals surface area contributed by atoms with Crippen LogP contribution in [0.1, 0.15) is 30.9 Å². The number of aliphatic hydroxyl groups excluding tert-OH is 1. The summed E-state index contributed by atoms with van der Waals surface area (Å²) in [7, 11) is 1.53. The zero-order chi connectivity index (χ0) is 13.8. The van der Waals surface area contributed by atoms with Crippen molar-refractivity contribution < 1.29 is 19.7 Å². The molecule has 0 saturated heterocycles. The summed E-state index contributed by atoms with van der Waals surface area (Å²) < 4.78 is 10.2. The number of allylic oxidation sites excluding steroid dienone is 1. The molecule has 1 aliphatic rings. The van der Waals surface area contributed by atoms with Crippen LogP contribution in [0.25, 0.3) is 0 Å². The molecule has 19 heavy (non-hydrogen) atoms. The molecule has 1 atom stereocenters. The molecule has 1 heterocycles. The molecule has 4 heteroatoms. The third-order valence-electron chi connectivity index (χ3n) is 3.41. The number of phenolic OH excluding ortho intramolecular Hbond substituents is 1.